The van der Waals surface area contributed by atoms with Gasteiger partial charge in [-0.05, 0) is 39.5 Å². The minimum Gasteiger partial charge on any atom is -0.480 e. The Bertz CT molecular complexity index is 335. The van der Waals surface area contributed by atoms with Gasteiger partial charge in [-0.25, -0.2) is 0 Å². The summed E-state index contributed by atoms with van der Waals surface area (Å²) in [5.74, 6) is -1.71. The van der Waals surface area contributed by atoms with Crippen LogP contribution in [0.1, 0.15) is 46.0 Å². The van der Waals surface area contributed by atoms with Crippen molar-refractivity contribution < 1.29 is 23.6 Å². The van der Waals surface area contributed by atoms with Crippen molar-refractivity contribution in [3.63, 3.8) is 0 Å². The van der Waals surface area contributed by atoms with E-state index in [0.29, 0.717) is 0 Å². The molecule has 1 rings (SSSR count). The van der Waals surface area contributed by atoms with Crippen LogP contribution in [0.25, 0.3) is 0 Å². The number of esters is 1. The maximum atomic E-state index is 11.8. The molecule has 0 saturated heterocycles. The van der Waals surface area contributed by atoms with Crippen molar-refractivity contribution in [2.45, 2.75) is 62.6 Å². The van der Waals surface area contributed by atoms with E-state index in [4.69, 9.17) is 9.84 Å². The Morgan fingerprint density at radius 1 is 1.17 bits per heavy atom. The lowest BCUT2D eigenvalue weighted by Gasteiger charge is -2.23. The summed E-state index contributed by atoms with van der Waals surface area (Å²) >= 11 is 0. The lowest BCUT2D eigenvalue weighted by molar-refractivity contribution is -0.149. The number of ether oxygens (including phenoxy) is 1. The predicted molar refractivity (Wildman–Crippen MR) is 67.7 cm³/mol. The van der Waals surface area contributed by atoms with Gasteiger partial charge < -0.3 is 9.84 Å². The molecule has 3 atom stereocenters. The zero-order valence-corrected chi connectivity index (χ0v) is 11.6. The molecule has 0 spiro atoms. The van der Waals surface area contributed by atoms with Crippen LogP contribution >= 0.6 is 0 Å². The lowest BCUT2D eigenvalue weighted by atomic mass is 9.98. The van der Waals surface area contributed by atoms with Gasteiger partial charge in [-0.15, -0.1) is 0 Å². The quantitative estimate of drug-likeness (QED) is 0.769. The smallest absolute Gasteiger partial charge is 0.321 e. The molecule has 0 aromatic rings. The third kappa shape index (κ3) is 4.08. The van der Waals surface area contributed by atoms with Crippen LogP contribution in [0, 0.1) is 0 Å². The summed E-state index contributed by atoms with van der Waals surface area (Å²) in [5.41, 5.74) is 0. The van der Waals surface area contributed by atoms with Gasteiger partial charge in [-0.1, -0.05) is 6.42 Å². The van der Waals surface area contributed by atoms with Crippen LogP contribution in [0.2, 0.25) is 0 Å². The summed E-state index contributed by atoms with van der Waals surface area (Å²) in [5, 5.41) is 6.81. The minimum absolute atomic E-state index is 0.0918. The molecule has 5 nitrogen and oxygen atoms in total. The topological polar surface area (TPSA) is 80.7 Å². The predicted octanol–water partition coefficient (Wildman–Crippen LogP) is 1.47. The maximum Gasteiger partial charge on any atom is 0.321 e. The van der Waals surface area contributed by atoms with Gasteiger partial charge >= 0.3 is 11.9 Å². The van der Waals surface area contributed by atoms with Crippen molar-refractivity contribution in [2.75, 3.05) is 0 Å². The van der Waals surface area contributed by atoms with Crippen LogP contribution in [0.4, 0.5) is 0 Å². The molecule has 0 heterocycles. The number of carboxylic acid groups (broad SMARTS) is 1. The second-order valence-corrected chi connectivity index (χ2v) is 6.72. The second-order valence-electron chi connectivity index (χ2n) is 4.65. The standard InChI is InChI=1S/C12H20O5S/c1-8(11(13)14)18(16)9(2)12(15)17-10-6-4-3-5-7-10/h8-10H,3-7H2,1-2H3,(H,13,14). The Balaban J connectivity index is 2.49. The summed E-state index contributed by atoms with van der Waals surface area (Å²) in [7, 11) is -1.75. The Kier molecular flexibility index (Phi) is 5.78. The van der Waals surface area contributed by atoms with E-state index in [2.05, 4.69) is 0 Å². The zero-order valence-electron chi connectivity index (χ0n) is 10.8. The van der Waals surface area contributed by atoms with E-state index < -0.39 is 33.2 Å². The molecule has 1 aliphatic carbocycles. The Hall–Kier alpha value is -0.910. The van der Waals surface area contributed by atoms with Crippen LogP contribution in [0.3, 0.4) is 0 Å². The van der Waals surface area contributed by atoms with Crippen LogP contribution in [-0.2, 0) is 25.1 Å². The fourth-order valence-electron chi connectivity index (χ4n) is 1.94. The van der Waals surface area contributed by atoms with E-state index in [1.165, 1.54) is 13.8 Å². The molecule has 104 valence electrons. The molecule has 0 radical (unpaired) electrons. The first-order valence-corrected chi connectivity index (χ1v) is 7.53. The summed E-state index contributed by atoms with van der Waals surface area (Å²) in [6.07, 6.45) is 4.85. The highest BCUT2D eigenvalue weighted by atomic mass is 32.2. The van der Waals surface area contributed by atoms with Crippen LogP contribution in [0.5, 0.6) is 0 Å². The number of aliphatic carboxylic acids is 1. The zero-order chi connectivity index (χ0) is 13.7. The Morgan fingerprint density at radius 3 is 2.22 bits per heavy atom. The van der Waals surface area contributed by atoms with Crippen LogP contribution in [-0.4, -0.2) is 37.9 Å². The van der Waals surface area contributed by atoms with E-state index in [1.54, 1.807) is 0 Å². The van der Waals surface area contributed by atoms with Crippen molar-refractivity contribution in [1.82, 2.24) is 0 Å². The molecule has 0 bridgehead atoms. The first kappa shape index (κ1) is 15.1. The monoisotopic (exact) mass is 276 g/mol. The molecule has 18 heavy (non-hydrogen) atoms. The highest BCUT2D eigenvalue weighted by Gasteiger charge is 2.31. The van der Waals surface area contributed by atoms with E-state index in [1.807, 2.05) is 0 Å². The first-order chi connectivity index (χ1) is 8.43. The van der Waals surface area contributed by atoms with Gasteiger partial charge in [0.15, 0.2) is 0 Å². The second kappa shape index (κ2) is 6.87. The molecule has 6 heteroatoms. The summed E-state index contributed by atoms with van der Waals surface area (Å²) < 4.78 is 17.1. The molecular formula is C12H20O5S. The largest absolute Gasteiger partial charge is 0.480 e. The van der Waals surface area contributed by atoms with Gasteiger partial charge in [0, 0.05) is 10.8 Å². The average molecular weight is 276 g/mol. The highest BCUT2D eigenvalue weighted by Crippen LogP contribution is 2.21. The van der Waals surface area contributed by atoms with Gasteiger partial charge in [-0.2, -0.15) is 0 Å². The van der Waals surface area contributed by atoms with Crippen molar-refractivity contribution in [2.24, 2.45) is 0 Å². The van der Waals surface area contributed by atoms with Crippen LogP contribution in [0.15, 0.2) is 0 Å². The highest BCUT2D eigenvalue weighted by molar-refractivity contribution is 7.87. The number of carboxylic acids is 1. The molecule has 0 aromatic carbocycles. The van der Waals surface area contributed by atoms with E-state index >= 15 is 0 Å². The van der Waals surface area contributed by atoms with Gasteiger partial charge in [0.2, 0.25) is 0 Å². The molecule has 1 fully saturated rings. The number of hydrogen-bond donors (Lipinski definition) is 1. The summed E-state index contributed by atoms with van der Waals surface area (Å²) in [6, 6.07) is 0. The van der Waals surface area contributed by atoms with Crippen molar-refractivity contribution >= 4 is 22.7 Å². The number of carbonyl (C=O) groups excluding carboxylic acids is 1. The van der Waals surface area contributed by atoms with Gasteiger partial charge in [0.25, 0.3) is 0 Å². The first-order valence-electron chi connectivity index (χ1n) is 6.26. The Morgan fingerprint density at radius 2 is 1.72 bits per heavy atom. The number of hydrogen-bond acceptors (Lipinski definition) is 4. The Labute approximate surface area is 109 Å². The third-order valence-corrected chi connectivity index (χ3v) is 5.00. The number of rotatable bonds is 5. The van der Waals surface area contributed by atoms with Crippen LogP contribution < -0.4 is 0 Å². The van der Waals surface area contributed by atoms with Gasteiger partial charge in [0.05, 0.1) is 0 Å². The fourth-order valence-corrected chi connectivity index (χ4v) is 3.00. The molecule has 0 amide bonds. The molecule has 0 aliphatic heterocycles. The van der Waals surface area contributed by atoms with Gasteiger partial charge in [0.1, 0.15) is 16.6 Å². The van der Waals surface area contributed by atoms with Crippen molar-refractivity contribution in [3.05, 3.63) is 0 Å². The van der Waals surface area contributed by atoms with Crippen molar-refractivity contribution in [3.8, 4) is 0 Å². The molecule has 1 saturated carbocycles. The SMILES string of the molecule is CC(C(=O)O)S(=O)C(C)C(=O)OC1CCCCC1. The third-order valence-electron chi connectivity index (χ3n) is 3.21. The molecule has 3 unspecified atom stereocenters. The van der Waals surface area contributed by atoms with E-state index in [0.717, 1.165) is 32.1 Å². The maximum absolute atomic E-state index is 11.8. The summed E-state index contributed by atoms with van der Waals surface area (Å²) in [6.45, 7) is 2.80. The van der Waals surface area contributed by atoms with Gasteiger partial charge in [-0.3, -0.25) is 13.8 Å². The average Bonchev–Trinajstić information content (AvgIpc) is 2.37. The minimum atomic E-state index is -1.75. The van der Waals surface area contributed by atoms with E-state index in [-0.39, 0.29) is 6.10 Å². The summed E-state index contributed by atoms with van der Waals surface area (Å²) in [4.78, 5) is 22.5. The molecule has 1 aliphatic rings. The lowest BCUT2D eigenvalue weighted by Crippen LogP contribution is -2.36. The van der Waals surface area contributed by atoms with Crippen molar-refractivity contribution in [1.29, 1.82) is 0 Å². The normalized spacial score (nSPS) is 21.9. The van der Waals surface area contributed by atoms with E-state index in [9.17, 15) is 13.8 Å². The fraction of sp³-hybridized carbons (Fsp3) is 0.833. The molecule has 1 N–H and O–H groups in total. The molecule has 0 aromatic heterocycles. The molecular weight excluding hydrogens is 256 g/mol. The number of carbonyl (C=O) groups is 2.